The second-order valence-corrected chi connectivity index (χ2v) is 3.95. The minimum Gasteiger partial charge on any atom is -0.375 e. The van der Waals surface area contributed by atoms with E-state index in [1.165, 1.54) is 12.1 Å². The summed E-state index contributed by atoms with van der Waals surface area (Å²) in [5.74, 6) is -0.285. The minimum absolute atomic E-state index is 0.285. The van der Waals surface area contributed by atoms with E-state index in [0.717, 1.165) is 19.5 Å². The summed E-state index contributed by atoms with van der Waals surface area (Å²) in [5, 5.41) is 3.76. The maximum Gasteiger partial charge on any atom is 0.123 e. The van der Waals surface area contributed by atoms with Crippen molar-refractivity contribution in [2.45, 2.75) is 20.0 Å². The van der Waals surface area contributed by atoms with Crippen molar-refractivity contribution in [2.75, 3.05) is 19.7 Å². The van der Waals surface area contributed by atoms with Crippen molar-refractivity contribution in [3.8, 4) is 0 Å². The number of ether oxygens (including phenoxy) is 1. The molecule has 0 fully saturated rings. The van der Waals surface area contributed by atoms with Crippen LogP contribution >= 0.6 is 11.6 Å². The van der Waals surface area contributed by atoms with E-state index in [0.29, 0.717) is 23.8 Å². The van der Waals surface area contributed by atoms with Crippen molar-refractivity contribution in [3.63, 3.8) is 0 Å². The van der Waals surface area contributed by atoms with Crippen LogP contribution in [0.3, 0.4) is 0 Å². The third kappa shape index (κ3) is 4.92. The standard InChI is InChI=1S/C12H17ClFNO/c1-2-5-15-6-7-16-9-10-8-11(14)3-4-12(10)13/h3-4,8,15H,2,5-7,9H2,1H3. The molecule has 0 saturated heterocycles. The first-order valence-electron chi connectivity index (χ1n) is 5.46. The van der Waals surface area contributed by atoms with Gasteiger partial charge in [-0.3, -0.25) is 0 Å². The van der Waals surface area contributed by atoms with Gasteiger partial charge in [-0.2, -0.15) is 0 Å². The van der Waals surface area contributed by atoms with Crippen LogP contribution in [0.2, 0.25) is 5.02 Å². The molecule has 1 rings (SSSR count). The van der Waals surface area contributed by atoms with E-state index in [1.54, 1.807) is 6.07 Å². The Morgan fingerprint density at radius 2 is 2.19 bits per heavy atom. The predicted octanol–water partition coefficient (Wildman–Crippen LogP) is 3.00. The lowest BCUT2D eigenvalue weighted by molar-refractivity contribution is 0.122. The van der Waals surface area contributed by atoms with Crippen LogP contribution in [0.15, 0.2) is 18.2 Å². The highest BCUT2D eigenvalue weighted by Crippen LogP contribution is 2.17. The van der Waals surface area contributed by atoms with E-state index in [-0.39, 0.29) is 5.82 Å². The Hall–Kier alpha value is -0.640. The summed E-state index contributed by atoms with van der Waals surface area (Å²) < 4.78 is 18.3. The van der Waals surface area contributed by atoms with Gasteiger partial charge in [0.1, 0.15) is 5.82 Å². The zero-order valence-electron chi connectivity index (χ0n) is 9.43. The lowest BCUT2D eigenvalue weighted by Gasteiger charge is -2.07. The molecule has 0 heterocycles. The highest BCUT2D eigenvalue weighted by atomic mass is 35.5. The van der Waals surface area contributed by atoms with Gasteiger partial charge in [0.2, 0.25) is 0 Å². The fraction of sp³-hybridized carbons (Fsp3) is 0.500. The number of hydrogen-bond donors (Lipinski definition) is 1. The fourth-order valence-corrected chi connectivity index (χ4v) is 1.45. The van der Waals surface area contributed by atoms with Crippen molar-refractivity contribution >= 4 is 11.6 Å². The van der Waals surface area contributed by atoms with Gasteiger partial charge in [0.05, 0.1) is 13.2 Å². The molecule has 1 N–H and O–H groups in total. The molecule has 0 saturated carbocycles. The monoisotopic (exact) mass is 245 g/mol. The average Bonchev–Trinajstić information content (AvgIpc) is 2.28. The zero-order valence-corrected chi connectivity index (χ0v) is 10.2. The second kappa shape index (κ2) is 7.60. The molecule has 0 aliphatic rings. The Kier molecular flexibility index (Phi) is 6.38. The molecule has 0 atom stereocenters. The molecule has 0 aromatic heterocycles. The van der Waals surface area contributed by atoms with Gasteiger partial charge in [-0.1, -0.05) is 18.5 Å². The van der Waals surface area contributed by atoms with Crippen molar-refractivity contribution in [2.24, 2.45) is 0 Å². The van der Waals surface area contributed by atoms with Gasteiger partial charge in [-0.05, 0) is 36.7 Å². The smallest absolute Gasteiger partial charge is 0.123 e. The van der Waals surface area contributed by atoms with Gasteiger partial charge in [0.15, 0.2) is 0 Å². The maximum atomic E-state index is 12.9. The van der Waals surface area contributed by atoms with Gasteiger partial charge in [-0.25, -0.2) is 4.39 Å². The number of rotatable bonds is 7. The quantitative estimate of drug-likeness (QED) is 0.746. The number of halogens is 2. The van der Waals surface area contributed by atoms with E-state index in [9.17, 15) is 4.39 Å². The van der Waals surface area contributed by atoms with Crippen LogP contribution in [0.5, 0.6) is 0 Å². The fourth-order valence-electron chi connectivity index (χ4n) is 1.28. The average molecular weight is 246 g/mol. The normalized spacial score (nSPS) is 10.7. The zero-order chi connectivity index (χ0) is 11.8. The molecule has 2 nitrogen and oxygen atoms in total. The van der Waals surface area contributed by atoms with Crippen molar-refractivity contribution < 1.29 is 9.13 Å². The molecule has 0 bridgehead atoms. The highest BCUT2D eigenvalue weighted by molar-refractivity contribution is 6.31. The van der Waals surface area contributed by atoms with E-state index < -0.39 is 0 Å². The molecule has 16 heavy (non-hydrogen) atoms. The van der Waals surface area contributed by atoms with Crippen LogP contribution in [0.4, 0.5) is 4.39 Å². The highest BCUT2D eigenvalue weighted by Gasteiger charge is 2.01. The lowest BCUT2D eigenvalue weighted by Crippen LogP contribution is -2.20. The first-order chi connectivity index (χ1) is 7.74. The Morgan fingerprint density at radius 3 is 2.94 bits per heavy atom. The topological polar surface area (TPSA) is 21.3 Å². The second-order valence-electron chi connectivity index (χ2n) is 3.54. The van der Waals surface area contributed by atoms with Crippen LogP contribution in [-0.4, -0.2) is 19.7 Å². The maximum absolute atomic E-state index is 12.9. The molecule has 0 amide bonds. The number of benzene rings is 1. The van der Waals surface area contributed by atoms with Crippen molar-refractivity contribution in [1.29, 1.82) is 0 Å². The summed E-state index contributed by atoms with van der Waals surface area (Å²) in [4.78, 5) is 0. The van der Waals surface area contributed by atoms with Crippen LogP contribution < -0.4 is 5.32 Å². The molecule has 1 aromatic rings. The van der Waals surface area contributed by atoms with Crippen LogP contribution in [0, 0.1) is 5.82 Å². The van der Waals surface area contributed by atoms with Gasteiger partial charge in [0, 0.05) is 11.6 Å². The van der Waals surface area contributed by atoms with Crippen molar-refractivity contribution in [3.05, 3.63) is 34.6 Å². The molecule has 90 valence electrons. The van der Waals surface area contributed by atoms with E-state index in [2.05, 4.69) is 12.2 Å². The van der Waals surface area contributed by atoms with Gasteiger partial charge in [-0.15, -0.1) is 0 Å². The molecule has 0 unspecified atom stereocenters. The molecule has 4 heteroatoms. The summed E-state index contributed by atoms with van der Waals surface area (Å²) in [6.45, 7) is 4.86. The van der Waals surface area contributed by atoms with E-state index in [4.69, 9.17) is 16.3 Å². The van der Waals surface area contributed by atoms with Crippen molar-refractivity contribution in [1.82, 2.24) is 5.32 Å². The summed E-state index contributed by atoms with van der Waals surface area (Å²) in [6, 6.07) is 4.29. The molecular weight excluding hydrogens is 229 g/mol. The Labute approximate surface area is 101 Å². The molecule has 0 spiro atoms. The summed E-state index contributed by atoms with van der Waals surface area (Å²) in [7, 11) is 0. The van der Waals surface area contributed by atoms with Gasteiger partial charge < -0.3 is 10.1 Å². The summed E-state index contributed by atoms with van der Waals surface area (Å²) in [6.07, 6.45) is 1.11. The predicted molar refractivity (Wildman–Crippen MR) is 64.2 cm³/mol. The lowest BCUT2D eigenvalue weighted by atomic mass is 10.2. The van der Waals surface area contributed by atoms with Crippen LogP contribution in [0.1, 0.15) is 18.9 Å². The number of nitrogens with one attached hydrogen (secondary N) is 1. The minimum atomic E-state index is -0.285. The summed E-state index contributed by atoms with van der Waals surface area (Å²) >= 11 is 5.90. The first-order valence-corrected chi connectivity index (χ1v) is 5.84. The molecular formula is C12H17ClFNO. The molecule has 1 aromatic carbocycles. The molecule has 0 aliphatic carbocycles. The Morgan fingerprint density at radius 1 is 1.38 bits per heavy atom. The van der Waals surface area contributed by atoms with Crippen LogP contribution in [-0.2, 0) is 11.3 Å². The van der Waals surface area contributed by atoms with Crippen LogP contribution in [0.25, 0.3) is 0 Å². The molecule has 0 radical (unpaired) electrons. The SMILES string of the molecule is CCCNCCOCc1cc(F)ccc1Cl. The van der Waals surface area contributed by atoms with E-state index >= 15 is 0 Å². The Balaban J connectivity index is 2.23. The first kappa shape index (κ1) is 13.4. The molecule has 0 aliphatic heterocycles. The van der Waals surface area contributed by atoms with Gasteiger partial charge in [0.25, 0.3) is 0 Å². The van der Waals surface area contributed by atoms with Gasteiger partial charge >= 0.3 is 0 Å². The third-order valence-electron chi connectivity index (χ3n) is 2.12. The Bertz CT molecular complexity index is 320. The number of hydrogen-bond acceptors (Lipinski definition) is 2. The van der Waals surface area contributed by atoms with E-state index in [1.807, 2.05) is 0 Å². The third-order valence-corrected chi connectivity index (χ3v) is 2.48. The summed E-state index contributed by atoms with van der Waals surface area (Å²) in [5.41, 5.74) is 0.692. The largest absolute Gasteiger partial charge is 0.375 e.